The molecule has 1 amide bonds. The molecule has 9 heteroatoms. The van der Waals surface area contributed by atoms with Gasteiger partial charge in [-0.25, -0.2) is 4.99 Å². The van der Waals surface area contributed by atoms with Crippen LogP contribution in [0.1, 0.15) is 44.3 Å². The fourth-order valence-corrected chi connectivity index (χ4v) is 4.09. The highest BCUT2D eigenvalue weighted by molar-refractivity contribution is 5.98. The van der Waals surface area contributed by atoms with Crippen molar-refractivity contribution in [1.82, 2.24) is 29.8 Å². The quantitative estimate of drug-likeness (QED) is 0.610. The maximum absolute atomic E-state index is 12.7. The number of hydrogen-bond donors (Lipinski definition) is 1. The van der Waals surface area contributed by atoms with Gasteiger partial charge in [-0.3, -0.25) is 14.2 Å². The van der Waals surface area contributed by atoms with E-state index in [1.54, 1.807) is 15.8 Å². The number of piperazine rings is 1. The van der Waals surface area contributed by atoms with Gasteiger partial charge >= 0.3 is 0 Å². The van der Waals surface area contributed by atoms with Crippen molar-refractivity contribution in [2.24, 2.45) is 12.0 Å². The Morgan fingerprint density at radius 2 is 2.14 bits per heavy atom. The first-order valence-electron chi connectivity index (χ1n) is 10.5. The molecule has 0 spiro atoms. The van der Waals surface area contributed by atoms with Crippen LogP contribution >= 0.6 is 0 Å². The normalized spacial score (nSPS) is 18.7. The average molecular weight is 399 g/mol. The molecule has 0 unspecified atom stereocenters. The number of guanidine groups is 1. The fourth-order valence-electron chi connectivity index (χ4n) is 4.09. The Hall–Kier alpha value is -2.84. The molecule has 0 aromatic carbocycles. The molecule has 1 saturated carbocycles. The van der Waals surface area contributed by atoms with E-state index in [4.69, 9.17) is 10.1 Å². The molecule has 2 aromatic rings. The standard InChI is InChI=1S/C20H30N8O/c1-3-21-20(22-12-16-8-9-28(24-16)17-6-4-5-7-17)26-10-11-27(19(29)15-26)18-13-23-25(2)14-18/h8-9,13-14,17H,3-7,10-12,15H2,1-2H3,(H,21,22). The summed E-state index contributed by atoms with van der Waals surface area (Å²) in [5, 5.41) is 12.2. The van der Waals surface area contributed by atoms with E-state index in [1.165, 1.54) is 25.7 Å². The highest BCUT2D eigenvalue weighted by atomic mass is 16.2. The van der Waals surface area contributed by atoms with Crippen molar-refractivity contribution in [3.63, 3.8) is 0 Å². The molecule has 9 nitrogen and oxygen atoms in total. The molecule has 2 aromatic heterocycles. The van der Waals surface area contributed by atoms with Crippen molar-refractivity contribution >= 4 is 17.6 Å². The molecule has 4 rings (SSSR count). The highest BCUT2D eigenvalue weighted by Gasteiger charge is 2.27. The van der Waals surface area contributed by atoms with Crippen LogP contribution in [0.4, 0.5) is 5.69 Å². The first kappa shape index (κ1) is 19.5. The maximum atomic E-state index is 12.7. The van der Waals surface area contributed by atoms with E-state index in [9.17, 15) is 4.79 Å². The summed E-state index contributed by atoms with van der Waals surface area (Å²) in [6.45, 7) is 4.95. The second-order valence-electron chi connectivity index (χ2n) is 7.73. The lowest BCUT2D eigenvalue weighted by Crippen LogP contribution is -2.55. The SMILES string of the molecule is CCNC(=NCc1ccn(C2CCCC2)n1)N1CCN(c2cnn(C)c2)C(=O)C1. The predicted octanol–water partition coefficient (Wildman–Crippen LogP) is 1.55. The van der Waals surface area contributed by atoms with E-state index < -0.39 is 0 Å². The van der Waals surface area contributed by atoms with Crippen LogP contribution in [0.2, 0.25) is 0 Å². The fraction of sp³-hybridized carbons (Fsp3) is 0.600. The number of carbonyl (C=O) groups excluding carboxylic acids is 1. The van der Waals surface area contributed by atoms with Gasteiger partial charge in [-0.1, -0.05) is 12.8 Å². The number of aromatic nitrogens is 4. The van der Waals surface area contributed by atoms with Gasteiger partial charge in [0.05, 0.1) is 30.2 Å². The molecule has 1 N–H and O–H groups in total. The smallest absolute Gasteiger partial charge is 0.246 e. The molecule has 29 heavy (non-hydrogen) atoms. The summed E-state index contributed by atoms with van der Waals surface area (Å²) in [7, 11) is 1.86. The Balaban J connectivity index is 1.40. The predicted molar refractivity (Wildman–Crippen MR) is 112 cm³/mol. The third kappa shape index (κ3) is 4.44. The summed E-state index contributed by atoms with van der Waals surface area (Å²) >= 11 is 0. The topological polar surface area (TPSA) is 83.6 Å². The zero-order chi connectivity index (χ0) is 20.2. The number of nitrogens with one attached hydrogen (secondary N) is 1. The zero-order valence-electron chi connectivity index (χ0n) is 17.3. The number of aliphatic imine (C=N–C) groups is 1. The molecule has 0 bridgehead atoms. The summed E-state index contributed by atoms with van der Waals surface area (Å²) < 4.78 is 3.81. The first-order valence-corrected chi connectivity index (χ1v) is 10.5. The summed E-state index contributed by atoms with van der Waals surface area (Å²) in [6, 6.07) is 2.59. The van der Waals surface area contributed by atoms with Crippen molar-refractivity contribution in [2.75, 3.05) is 31.1 Å². The number of anilines is 1. The molecular formula is C20H30N8O. The van der Waals surface area contributed by atoms with Crippen molar-refractivity contribution < 1.29 is 4.79 Å². The van der Waals surface area contributed by atoms with Crippen LogP contribution in [0.25, 0.3) is 0 Å². The molecular weight excluding hydrogens is 368 g/mol. The van der Waals surface area contributed by atoms with Crippen LogP contribution in [-0.4, -0.2) is 62.5 Å². The first-order chi connectivity index (χ1) is 14.1. The van der Waals surface area contributed by atoms with Crippen molar-refractivity contribution in [1.29, 1.82) is 0 Å². The summed E-state index contributed by atoms with van der Waals surface area (Å²) in [5.41, 5.74) is 1.81. The number of amides is 1. The van der Waals surface area contributed by atoms with Gasteiger partial charge < -0.3 is 15.1 Å². The van der Waals surface area contributed by atoms with Gasteiger partial charge in [0.15, 0.2) is 5.96 Å². The Kier molecular flexibility index (Phi) is 5.82. The second kappa shape index (κ2) is 8.67. The van der Waals surface area contributed by atoms with E-state index in [1.807, 2.05) is 25.1 Å². The van der Waals surface area contributed by atoms with E-state index in [0.717, 1.165) is 30.4 Å². The third-order valence-electron chi connectivity index (χ3n) is 5.61. The third-order valence-corrected chi connectivity index (χ3v) is 5.61. The minimum atomic E-state index is 0.0559. The number of hydrogen-bond acceptors (Lipinski definition) is 4. The van der Waals surface area contributed by atoms with Gasteiger partial charge in [-0.05, 0) is 25.8 Å². The maximum Gasteiger partial charge on any atom is 0.246 e. The molecule has 1 aliphatic carbocycles. The summed E-state index contributed by atoms with van der Waals surface area (Å²) in [4.78, 5) is 21.3. The van der Waals surface area contributed by atoms with Crippen molar-refractivity contribution in [3.8, 4) is 0 Å². The number of rotatable bonds is 5. The van der Waals surface area contributed by atoms with Crippen LogP contribution in [0.3, 0.4) is 0 Å². The molecule has 2 fully saturated rings. The minimum absolute atomic E-state index is 0.0559. The Labute approximate surface area is 171 Å². The largest absolute Gasteiger partial charge is 0.356 e. The lowest BCUT2D eigenvalue weighted by atomic mass is 10.3. The monoisotopic (exact) mass is 398 g/mol. The van der Waals surface area contributed by atoms with Crippen molar-refractivity contribution in [3.05, 3.63) is 30.4 Å². The van der Waals surface area contributed by atoms with Crippen LogP contribution in [0.15, 0.2) is 29.6 Å². The average Bonchev–Trinajstić information content (AvgIpc) is 3.46. The molecule has 1 aliphatic heterocycles. The van der Waals surface area contributed by atoms with E-state index in [0.29, 0.717) is 25.7 Å². The summed E-state index contributed by atoms with van der Waals surface area (Å²) in [5.74, 6) is 0.822. The van der Waals surface area contributed by atoms with Gasteiger partial charge in [-0.2, -0.15) is 10.2 Å². The van der Waals surface area contributed by atoms with Gasteiger partial charge in [-0.15, -0.1) is 0 Å². The van der Waals surface area contributed by atoms with Gasteiger partial charge in [0, 0.05) is 39.1 Å². The Morgan fingerprint density at radius 1 is 1.31 bits per heavy atom. The van der Waals surface area contributed by atoms with E-state index in [2.05, 4.69) is 27.4 Å². The molecule has 0 atom stereocenters. The number of aryl methyl sites for hydroxylation is 1. The highest BCUT2D eigenvalue weighted by Crippen LogP contribution is 2.28. The minimum Gasteiger partial charge on any atom is -0.356 e. The molecule has 1 saturated heterocycles. The lowest BCUT2D eigenvalue weighted by Gasteiger charge is -2.35. The van der Waals surface area contributed by atoms with Crippen LogP contribution in [0.5, 0.6) is 0 Å². The molecule has 3 heterocycles. The summed E-state index contributed by atoms with van der Waals surface area (Å²) in [6.07, 6.45) is 10.7. The Morgan fingerprint density at radius 3 is 2.83 bits per heavy atom. The molecule has 156 valence electrons. The van der Waals surface area contributed by atoms with Crippen LogP contribution < -0.4 is 10.2 Å². The van der Waals surface area contributed by atoms with Gasteiger partial charge in [0.1, 0.15) is 6.54 Å². The van der Waals surface area contributed by atoms with Gasteiger partial charge in [0.2, 0.25) is 5.91 Å². The van der Waals surface area contributed by atoms with E-state index >= 15 is 0 Å². The van der Waals surface area contributed by atoms with Crippen LogP contribution in [0, 0.1) is 0 Å². The molecule has 0 radical (unpaired) electrons. The van der Waals surface area contributed by atoms with Crippen LogP contribution in [-0.2, 0) is 18.4 Å². The number of nitrogens with zero attached hydrogens (tertiary/aromatic N) is 7. The lowest BCUT2D eigenvalue weighted by molar-refractivity contribution is -0.120. The second-order valence-corrected chi connectivity index (χ2v) is 7.73. The van der Waals surface area contributed by atoms with Gasteiger partial charge in [0.25, 0.3) is 0 Å². The van der Waals surface area contributed by atoms with Crippen molar-refractivity contribution in [2.45, 2.75) is 45.2 Å². The molecule has 2 aliphatic rings. The number of carbonyl (C=O) groups is 1. The Bertz CT molecular complexity index is 863. The van der Waals surface area contributed by atoms with E-state index in [-0.39, 0.29) is 5.91 Å². The zero-order valence-corrected chi connectivity index (χ0v) is 17.3.